The number of hydrogen-bond acceptors (Lipinski definition) is 5. The number of hydrogen-bond donors (Lipinski definition) is 3. The van der Waals surface area contributed by atoms with Crippen molar-refractivity contribution in [3.8, 4) is 0 Å². The van der Waals surface area contributed by atoms with E-state index < -0.39 is 18.2 Å². The lowest BCUT2D eigenvalue weighted by molar-refractivity contribution is -0.153. The molecule has 0 aliphatic rings. The molecular weight excluding hydrogens is 224 g/mol. The van der Waals surface area contributed by atoms with Crippen molar-refractivity contribution in [2.45, 2.75) is 12.2 Å². The van der Waals surface area contributed by atoms with Gasteiger partial charge in [-0.3, -0.25) is 4.98 Å². The standard InChI is InChI=1S/C11H10N2O4/c14-9(10(15)11(16)17)8-5-12-6-3-1-2-4-7(6)13-8/h1-5,9-10,14-15H,(H,16,17). The van der Waals surface area contributed by atoms with Crippen LogP contribution in [0.5, 0.6) is 0 Å². The van der Waals surface area contributed by atoms with E-state index in [1.165, 1.54) is 6.20 Å². The maximum absolute atomic E-state index is 10.5. The molecule has 0 saturated heterocycles. The van der Waals surface area contributed by atoms with E-state index in [0.717, 1.165) is 0 Å². The molecule has 0 radical (unpaired) electrons. The molecule has 1 aromatic carbocycles. The van der Waals surface area contributed by atoms with Crippen LogP contribution < -0.4 is 0 Å². The van der Waals surface area contributed by atoms with E-state index in [2.05, 4.69) is 9.97 Å². The molecule has 3 N–H and O–H groups in total. The Morgan fingerprint density at radius 1 is 1.18 bits per heavy atom. The number of para-hydroxylation sites is 2. The second kappa shape index (κ2) is 4.44. The second-order valence-electron chi connectivity index (χ2n) is 3.51. The molecule has 1 aromatic heterocycles. The first-order valence-electron chi connectivity index (χ1n) is 4.90. The van der Waals surface area contributed by atoms with Crippen molar-refractivity contribution < 1.29 is 20.1 Å². The van der Waals surface area contributed by atoms with Gasteiger partial charge in [0.05, 0.1) is 22.9 Å². The third-order valence-electron chi connectivity index (χ3n) is 2.32. The van der Waals surface area contributed by atoms with Gasteiger partial charge >= 0.3 is 5.97 Å². The third kappa shape index (κ3) is 2.22. The van der Waals surface area contributed by atoms with Crippen molar-refractivity contribution in [3.05, 3.63) is 36.2 Å². The number of fused-ring (bicyclic) bond motifs is 1. The van der Waals surface area contributed by atoms with E-state index in [1.54, 1.807) is 24.3 Å². The summed E-state index contributed by atoms with van der Waals surface area (Å²) < 4.78 is 0. The predicted octanol–water partition coefficient (Wildman–Crippen LogP) is 0.109. The fourth-order valence-corrected chi connectivity index (χ4v) is 1.41. The minimum Gasteiger partial charge on any atom is -0.479 e. The second-order valence-corrected chi connectivity index (χ2v) is 3.51. The molecule has 0 bridgehead atoms. The van der Waals surface area contributed by atoms with E-state index in [1.807, 2.05) is 0 Å². The molecule has 0 fully saturated rings. The average Bonchev–Trinajstić information content (AvgIpc) is 2.36. The molecule has 17 heavy (non-hydrogen) atoms. The van der Waals surface area contributed by atoms with Crippen LogP contribution in [0.2, 0.25) is 0 Å². The Morgan fingerprint density at radius 3 is 2.47 bits per heavy atom. The van der Waals surface area contributed by atoms with Crippen molar-refractivity contribution in [2.24, 2.45) is 0 Å². The summed E-state index contributed by atoms with van der Waals surface area (Å²) in [6.07, 6.45) is -2.26. The minimum atomic E-state index is -1.91. The molecular formula is C11H10N2O4. The highest BCUT2D eigenvalue weighted by atomic mass is 16.4. The first-order chi connectivity index (χ1) is 8.09. The molecule has 2 rings (SSSR count). The molecule has 2 unspecified atom stereocenters. The molecule has 2 atom stereocenters. The van der Waals surface area contributed by atoms with E-state index in [0.29, 0.717) is 11.0 Å². The summed E-state index contributed by atoms with van der Waals surface area (Å²) in [5.74, 6) is -1.51. The maximum Gasteiger partial charge on any atom is 0.335 e. The number of aliphatic carboxylic acids is 1. The van der Waals surface area contributed by atoms with Gasteiger partial charge in [-0.15, -0.1) is 0 Å². The quantitative estimate of drug-likeness (QED) is 0.696. The number of carbonyl (C=O) groups is 1. The predicted molar refractivity (Wildman–Crippen MR) is 58.1 cm³/mol. The average molecular weight is 234 g/mol. The molecule has 0 saturated carbocycles. The number of rotatable bonds is 3. The monoisotopic (exact) mass is 234 g/mol. The van der Waals surface area contributed by atoms with Crippen LogP contribution in [0.3, 0.4) is 0 Å². The number of nitrogens with zero attached hydrogens (tertiary/aromatic N) is 2. The zero-order valence-corrected chi connectivity index (χ0v) is 8.69. The summed E-state index contributed by atoms with van der Waals surface area (Å²) in [7, 11) is 0. The molecule has 0 aliphatic carbocycles. The Bertz CT molecular complexity index is 558. The van der Waals surface area contributed by atoms with Crippen LogP contribution in [0, 0.1) is 0 Å². The maximum atomic E-state index is 10.5. The molecule has 0 spiro atoms. The number of carboxylic acids is 1. The number of aliphatic hydroxyl groups is 2. The van der Waals surface area contributed by atoms with Gasteiger partial charge in [-0.05, 0) is 12.1 Å². The molecule has 0 aliphatic heterocycles. The zero-order chi connectivity index (χ0) is 12.4. The van der Waals surface area contributed by atoms with Gasteiger partial charge in [0, 0.05) is 0 Å². The summed E-state index contributed by atoms with van der Waals surface area (Å²) >= 11 is 0. The molecule has 88 valence electrons. The Balaban J connectivity index is 2.39. The number of carboxylic acid groups (broad SMARTS) is 1. The third-order valence-corrected chi connectivity index (χ3v) is 2.32. The lowest BCUT2D eigenvalue weighted by Gasteiger charge is -2.13. The van der Waals surface area contributed by atoms with Crippen molar-refractivity contribution in [1.82, 2.24) is 9.97 Å². The number of aliphatic hydroxyl groups excluding tert-OH is 2. The van der Waals surface area contributed by atoms with Gasteiger partial charge in [-0.2, -0.15) is 0 Å². The van der Waals surface area contributed by atoms with Crippen LogP contribution in [0.1, 0.15) is 11.8 Å². The summed E-state index contributed by atoms with van der Waals surface area (Å²) in [5, 5.41) is 27.4. The fourth-order valence-electron chi connectivity index (χ4n) is 1.41. The van der Waals surface area contributed by atoms with E-state index in [4.69, 9.17) is 5.11 Å². The van der Waals surface area contributed by atoms with Crippen molar-refractivity contribution in [2.75, 3.05) is 0 Å². The molecule has 0 amide bonds. The molecule has 2 aromatic rings. The minimum absolute atomic E-state index is 0.0265. The van der Waals surface area contributed by atoms with Crippen molar-refractivity contribution in [1.29, 1.82) is 0 Å². The van der Waals surface area contributed by atoms with Gasteiger partial charge < -0.3 is 15.3 Å². The molecule has 6 heteroatoms. The summed E-state index contributed by atoms with van der Waals surface area (Å²) in [6, 6.07) is 6.97. The smallest absolute Gasteiger partial charge is 0.335 e. The van der Waals surface area contributed by atoms with Gasteiger partial charge in [-0.25, -0.2) is 9.78 Å². The van der Waals surface area contributed by atoms with Crippen LogP contribution in [-0.2, 0) is 4.79 Å². The van der Waals surface area contributed by atoms with Gasteiger partial charge in [0.15, 0.2) is 6.10 Å². The number of benzene rings is 1. The Labute approximate surface area is 96.2 Å². The first-order valence-corrected chi connectivity index (χ1v) is 4.90. The highest BCUT2D eigenvalue weighted by Crippen LogP contribution is 2.17. The highest BCUT2D eigenvalue weighted by Gasteiger charge is 2.26. The Morgan fingerprint density at radius 2 is 1.82 bits per heavy atom. The van der Waals surface area contributed by atoms with Gasteiger partial charge in [0.25, 0.3) is 0 Å². The first kappa shape index (κ1) is 11.4. The summed E-state index contributed by atoms with van der Waals surface area (Å²) in [4.78, 5) is 18.6. The summed E-state index contributed by atoms with van der Waals surface area (Å²) in [5.41, 5.74) is 1.19. The summed E-state index contributed by atoms with van der Waals surface area (Å²) in [6.45, 7) is 0. The Kier molecular flexibility index (Phi) is 2.99. The van der Waals surface area contributed by atoms with Crippen LogP contribution in [0.4, 0.5) is 0 Å². The van der Waals surface area contributed by atoms with Crippen LogP contribution in [-0.4, -0.2) is 37.4 Å². The van der Waals surface area contributed by atoms with E-state index in [-0.39, 0.29) is 5.69 Å². The lowest BCUT2D eigenvalue weighted by Crippen LogP contribution is -2.28. The lowest BCUT2D eigenvalue weighted by atomic mass is 10.1. The van der Waals surface area contributed by atoms with Gasteiger partial charge in [0.1, 0.15) is 6.10 Å². The van der Waals surface area contributed by atoms with Crippen molar-refractivity contribution >= 4 is 17.0 Å². The topological polar surface area (TPSA) is 104 Å². The number of aromatic nitrogens is 2. The van der Waals surface area contributed by atoms with Crippen LogP contribution >= 0.6 is 0 Å². The molecule has 6 nitrogen and oxygen atoms in total. The fraction of sp³-hybridized carbons (Fsp3) is 0.182. The van der Waals surface area contributed by atoms with E-state index in [9.17, 15) is 15.0 Å². The zero-order valence-electron chi connectivity index (χ0n) is 8.69. The normalized spacial score (nSPS) is 14.5. The highest BCUT2D eigenvalue weighted by molar-refractivity contribution is 5.75. The van der Waals surface area contributed by atoms with Crippen LogP contribution in [0.25, 0.3) is 11.0 Å². The largest absolute Gasteiger partial charge is 0.479 e. The van der Waals surface area contributed by atoms with Gasteiger partial charge in [0.2, 0.25) is 0 Å². The van der Waals surface area contributed by atoms with E-state index >= 15 is 0 Å². The van der Waals surface area contributed by atoms with Gasteiger partial charge in [-0.1, -0.05) is 12.1 Å². The molecule has 1 heterocycles. The van der Waals surface area contributed by atoms with Crippen LogP contribution in [0.15, 0.2) is 30.5 Å². The Hall–Kier alpha value is -2.05. The van der Waals surface area contributed by atoms with Crippen molar-refractivity contribution in [3.63, 3.8) is 0 Å². The SMILES string of the molecule is O=C(O)C(O)C(O)c1cnc2ccccc2n1.